The summed E-state index contributed by atoms with van der Waals surface area (Å²) in [5.41, 5.74) is 8.40. The van der Waals surface area contributed by atoms with E-state index in [1.54, 1.807) is 16.6 Å². The average Bonchev–Trinajstić information content (AvgIpc) is 3.29. The van der Waals surface area contributed by atoms with Gasteiger partial charge in [-0.25, -0.2) is 9.50 Å². The molecule has 9 heteroatoms. The van der Waals surface area contributed by atoms with Gasteiger partial charge in [0.05, 0.1) is 19.0 Å². The highest BCUT2D eigenvalue weighted by Crippen LogP contribution is 2.18. The Labute approximate surface area is 155 Å². The second-order valence-electron chi connectivity index (χ2n) is 6.25. The van der Waals surface area contributed by atoms with Gasteiger partial charge in [-0.1, -0.05) is 0 Å². The number of hydrogen-bond acceptors (Lipinski definition) is 6. The summed E-state index contributed by atoms with van der Waals surface area (Å²) in [7, 11) is 0. The van der Waals surface area contributed by atoms with E-state index in [2.05, 4.69) is 15.4 Å². The molecular formula is C18H21N5O4. The summed E-state index contributed by atoms with van der Waals surface area (Å²) in [6.45, 7) is 3.74. The van der Waals surface area contributed by atoms with Gasteiger partial charge in [0, 0.05) is 17.8 Å². The third-order valence-corrected chi connectivity index (χ3v) is 4.44. The first-order chi connectivity index (χ1) is 12.9. The van der Waals surface area contributed by atoms with Crippen molar-refractivity contribution in [1.82, 2.24) is 19.9 Å². The highest BCUT2D eigenvalue weighted by atomic mass is 16.4. The van der Waals surface area contributed by atoms with Crippen molar-refractivity contribution in [3.05, 3.63) is 52.9 Å². The van der Waals surface area contributed by atoms with Crippen LogP contribution in [0.3, 0.4) is 0 Å². The van der Waals surface area contributed by atoms with Gasteiger partial charge in [0.2, 0.25) is 5.91 Å². The Morgan fingerprint density at radius 1 is 1.41 bits per heavy atom. The fraction of sp³-hybridized carbons (Fsp3) is 0.333. The number of carbonyl (C=O) groups is 2. The van der Waals surface area contributed by atoms with E-state index >= 15 is 0 Å². The van der Waals surface area contributed by atoms with Gasteiger partial charge in [0.15, 0.2) is 5.65 Å². The number of rotatable bonds is 7. The summed E-state index contributed by atoms with van der Waals surface area (Å²) in [5, 5.41) is 16.8. The van der Waals surface area contributed by atoms with Crippen LogP contribution in [-0.2, 0) is 11.2 Å². The van der Waals surface area contributed by atoms with E-state index in [-0.39, 0.29) is 24.4 Å². The summed E-state index contributed by atoms with van der Waals surface area (Å²) in [5.74, 6) is -0.378. The number of hydrogen-bond donors (Lipinski definition) is 3. The summed E-state index contributed by atoms with van der Waals surface area (Å²) in [4.78, 5) is 28.0. The molecule has 3 aromatic heterocycles. The minimum absolute atomic E-state index is 0.0721. The maximum Gasteiger partial charge on any atom is 0.254 e. The molecule has 0 radical (unpaired) electrons. The van der Waals surface area contributed by atoms with Crippen LogP contribution in [0, 0.1) is 13.8 Å². The van der Waals surface area contributed by atoms with E-state index in [1.165, 1.54) is 12.5 Å². The minimum atomic E-state index is -0.887. The molecule has 0 saturated carbocycles. The second-order valence-corrected chi connectivity index (χ2v) is 6.25. The quantitative estimate of drug-likeness (QED) is 0.562. The fourth-order valence-corrected chi connectivity index (χ4v) is 2.97. The van der Waals surface area contributed by atoms with Crippen molar-refractivity contribution in [2.75, 3.05) is 6.54 Å². The third kappa shape index (κ3) is 3.82. The topological polar surface area (TPSA) is 136 Å². The van der Waals surface area contributed by atoms with Gasteiger partial charge >= 0.3 is 0 Å². The standard InChI is InChI=1S/C18H21N5O4/c1-10-12(11(2)23-18(22-10)13(8-21-23)17(19)26)5-6-16(25)20-9-14(24)15-4-3-7-27-15/h3-4,7-8,14,24H,5-6,9H2,1-2H3,(H2,19,26)(H,20,25). The van der Waals surface area contributed by atoms with Crippen LogP contribution in [0.15, 0.2) is 29.0 Å². The first-order valence-electron chi connectivity index (χ1n) is 8.50. The number of aliphatic hydroxyl groups is 1. The molecule has 0 aliphatic carbocycles. The Bertz CT molecular complexity index is 977. The van der Waals surface area contributed by atoms with Gasteiger partial charge in [-0.15, -0.1) is 0 Å². The molecule has 0 saturated heterocycles. The molecule has 9 nitrogen and oxygen atoms in total. The van der Waals surface area contributed by atoms with Gasteiger partial charge in [-0.05, 0) is 38.0 Å². The number of fused-ring (bicyclic) bond motifs is 1. The zero-order valence-electron chi connectivity index (χ0n) is 15.1. The maximum atomic E-state index is 12.1. The van der Waals surface area contributed by atoms with Crippen LogP contribution >= 0.6 is 0 Å². The molecule has 0 aliphatic rings. The Hall–Kier alpha value is -3.20. The van der Waals surface area contributed by atoms with E-state index in [0.29, 0.717) is 23.5 Å². The second kappa shape index (κ2) is 7.58. The van der Waals surface area contributed by atoms with Crippen molar-refractivity contribution < 1.29 is 19.1 Å². The van der Waals surface area contributed by atoms with Crippen LogP contribution < -0.4 is 11.1 Å². The molecule has 0 bridgehead atoms. The number of furan rings is 1. The predicted molar refractivity (Wildman–Crippen MR) is 96.0 cm³/mol. The molecule has 0 fully saturated rings. The lowest BCUT2D eigenvalue weighted by molar-refractivity contribution is -0.121. The summed E-state index contributed by atoms with van der Waals surface area (Å²) < 4.78 is 6.65. The summed E-state index contributed by atoms with van der Waals surface area (Å²) >= 11 is 0. The molecule has 3 heterocycles. The van der Waals surface area contributed by atoms with Gasteiger partial charge in [-0.3, -0.25) is 9.59 Å². The van der Waals surface area contributed by atoms with Crippen LogP contribution in [-0.4, -0.2) is 38.1 Å². The Kier molecular flexibility index (Phi) is 5.22. The van der Waals surface area contributed by atoms with Crippen LogP contribution in [0.5, 0.6) is 0 Å². The van der Waals surface area contributed by atoms with Crippen LogP contribution in [0.1, 0.15) is 45.6 Å². The summed E-state index contributed by atoms with van der Waals surface area (Å²) in [6, 6.07) is 3.32. The highest BCUT2D eigenvalue weighted by Gasteiger charge is 2.17. The first kappa shape index (κ1) is 18.6. The third-order valence-electron chi connectivity index (χ3n) is 4.44. The van der Waals surface area contributed by atoms with Crippen molar-refractivity contribution in [2.45, 2.75) is 32.8 Å². The lowest BCUT2D eigenvalue weighted by Crippen LogP contribution is -2.28. The molecule has 1 unspecified atom stereocenters. The minimum Gasteiger partial charge on any atom is -0.467 e. The lowest BCUT2D eigenvalue weighted by atomic mass is 10.1. The van der Waals surface area contributed by atoms with Crippen molar-refractivity contribution in [3.63, 3.8) is 0 Å². The average molecular weight is 371 g/mol. The van der Waals surface area contributed by atoms with Crippen molar-refractivity contribution in [1.29, 1.82) is 0 Å². The SMILES string of the molecule is Cc1nc2c(C(N)=O)cnn2c(C)c1CCC(=O)NCC(O)c1ccco1. The fourth-order valence-electron chi connectivity index (χ4n) is 2.97. The van der Waals surface area contributed by atoms with E-state index in [4.69, 9.17) is 10.2 Å². The Morgan fingerprint density at radius 2 is 2.19 bits per heavy atom. The van der Waals surface area contributed by atoms with Gasteiger partial charge in [0.1, 0.15) is 17.4 Å². The number of aryl methyl sites for hydroxylation is 2. The van der Waals surface area contributed by atoms with E-state index in [9.17, 15) is 14.7 Å². The smallest absolute Gasteiger partial charge is 0.254 e. The van der Waals surface area contributed by atoms with E-state index in [1.807, 2.05) is 13.8 Å². The molecule has 27 heavy (non-hydrogen) atoms. The molecule has 0 aromatic carbocycles. The Morgan fingerprint density at radius 3 is 2.85 bits per heavy atom. The molecule has 0 spiro atoms. The maximum absolute atomic E-state index is 12.1. The van der Waals surface area contributed by atoms with E-state index < -0.39 is 12.0 Å². The lowest BCUT2D eigenvalue weighted by Gasteiger charge is -2.12. The zero-order chi connectivity index (χ0) is 19.6. The van der Waals surface area contributed by atoms with Crippen LogP contribution in [0.4, 0.5) is 0 Å². The number of carbonyl (C=O) groups excluding carboxylic acids is 2. The normalized spacial score (nSPS) is 12.3. The molecular weight excluding hydrogens is 350 g/mol. The predicted octanol–water partition coefficient (Wildman–Crippen LogP) is 0.820. The van der Waals surface area contributed by atoms with Gasteiger partial charge in [0.25, 0.3) is 5.91 Å². The number of nitrogens with two attached hydrogens (primary N) is 1. The number of nitrogens with zero attached hydrogens (tertiary/aromatic N) is 3. The monoisotopic (exact) mass is 371 g/mol. The molecule has 4 N–H and O–H groups in total. The van der Waals surface area contributed by atoms with Gasteiger partial charge in [-0.2, -0.15) is 5.10 Å². The van der Waals surface area contributed by atoms with Crippen molar-refractivity contribution in [2.24, 2.45) is 5.73 Å². The molecule has 2 amide bonds. The largest absolute Gasteiger partial charge is 0.467 e. The number of amides is 2. The molecule has 3 rings (SSSR count). The molecule has 0 aliphatic heterocycles. The summed E-state index contributed by atoms with van der Waals surface area (Å²) in [6.07, 6.45) is 2.65. The van der Waals surface area contributed by atoms with Crippen molar-refractivity contribution in [3.8, 4) is 0 Å². The molecule has 1 atom stereocenters. The Balaban J connectivity index is 1.66. The zero-order valence-corrected chi connectivity index (χ0v) is 15.1. The number of primary amides is 1. The number of nitrogens with one attached hydrogen (secondary N) is 1. The number of aromatic nitrogens is 3. The number of aliphatic hydroxyl groups excluding tert-OH is 1. The molecule has 142 valence electrons. The molecule has 3 aromatic rings. The van der Waals surface area contributed by atoms with Crippen molar-refractivity contribution >= 4 is 17.5 Å². The van der Waals surface area contributed by atoms with Crippen LogP contribution in [0.25, 0.3) is 5.65 Å². The first-order valence-corrected chi connectivity index (χ1v) is 8.50. The van der Waals surface area contributed by atoms with Crippen LogP contribution in [0.2, 0.25) is 0 Å². The van der Waals surface area contributed by atoms with Gasteiger partial charge < -0.3 is 20.6 Å². The highest BCUT2D eigenvalue weighted by molar-refractivity contribution is 5.98. The van der Waals surface area contributed by atoms with E-state index in [0.717, 1.165) is 11.3 Å².